The van der Waals surface area contributed by atoms with Crippen LogP contribution in [0.2, 0.25) is 0 Å². The van der Waals surface area contributed by atoms with Crippen LogP contribution in [0.3, 0.4) is 0 Å². The zero-order valence-electron chi connectivity index (χ0n) is 10.3. The molecular weight excluding hydrogens is 294 g/mol. The summed E-state index contributed by atoms with van der Waals surface area (Å²) in [6.45, 7) is 0. The highest BCUT2D eigenvalue weighted by molar-refractivity contribution is 6.19. The van der Waals surface area contributed by atoms with E-state index in [4.69, 9.17) is 11.6 Å². The van der Waals surface area contributed by atoms with Crippen molar-refractivity contribution in [1.82, 2.24) is 5.32 Å². The first-order valence-corrected chi connectivity index (χ1v) is 6.44. The normalized spacial score (nSPS) is 16.4. The van der Waals surface area contributed by atoms with Crippen molar-refractivity contribution < 1.29 is 18.5 Å². The van der Waals surface area contributed by atoms with E-state index in [1.54, 1.807) is 0 Å². The fourth-order valence-electron chi connectivity index (χ4n) is 2.09. The zero-order chi connectivity index (χ0) is 14.9. The molecule has 1 saturated carbocycles. The van der Waals surface area contributed by atoms with Gasteiger partial charge in [-0.25, -0.2) is 4.39 Å². The molecule has 1 aromatic rings. The summed E-state index contributed by atoms with van der Waals surface area (Å²) in [5.74, 6) is -3.52. The number of rotatable bonds is 4. The molecule has 0 spiro atoms. The number of alkyl halides is 1. The monoisotopic (exact) mass is 304 g/mol. The summed E-state index contributed by atoms with van der Waals surface area (Å²) in [4.78, 5) is 21.6. The highest BCUT2D eigenvalue weighted by Gasteiger charge is 2.39. The van der Waals surface area contributed by atoms with Crippen LogP contribution in [0.5, 0.6) is 0 Å². The van der Waals surface area contributed by atoms with Gasteiger partial charge in [0.1, 0.15) is 11.4 Å². The standard InChI is InChI=1S/C12H11ClF2N2O3/c13-6-12(4-1-5-12)16-11(18)9-7(14)2-3-8(10(9)15)17(19)20/h2-3H,1,4-6H2,(H,16,18). The number of benzene rings is 1. The SMILES string of the molecule is O=C(NC1(CCl)CCC1)c1c(F)ccc([N+](=O)[O-])c1F. The highest BCUT2D eigenvalue weighted by atomic mass is 35.5. The van der Waals surface area contributed by atoms with Crippen molar-refractivity contribution in [3.63, 3.8) is 0 Å². The maximum absolute atomic E-state index is 13.9. The van der Waals surface area contributed by atoms with Crippen molar-refractivity contribution in [1.29, 1.82) is 0 Å². The molecule has 8 heteroatoms. The molecule has 20 heavy (non-hydrogen) atoms. The van der Waals surface area contributed by atoms with E-state index >= 15 is 0 Å². The molecule has 0 aliphatic heterocycles. The number of carbonyl (C=O) groups is 1. The summed E-state index contributed by atoms with van der Waals surface area (Å²) in [5, 5.41) is 13.1. The highest BCUT2D eigenvalue weighted by Crippen LogP contribution is 2.33. The Hall–Kier alpha value is -1.76. The van der Waals surface area contributed by atoms with E-state index in [9.17, 15) is 23.7 Å². The van der Waals surface area contributed by atoms with Gasteiger partial charge in [-0.15, -0.1) is 11.6 Å². The molecule has 0 saturated heterocycles. The Labute approximate surface area is 118 Å². The average molecular weight is 305 g/mol. The van der Waals surface area contributed by atoms with Crippen LogP contribution in [-0.4, -0.2) is 22.2 Å². The first-order chi connectivity index (χ1) is 9.40. The Balaban J connectivity index is 2.34. The molecule has 1 N–H and O–H groups in total. The lowest BCUT2D eigenvalue weighted by Crippen LogP contribution is -2.55. The lowest BCUT2D eigenvalue weighted by molar-refractivity contribution is -0.387. The van der Waals surface area contributed by atoms with Gasteiger partial charge in [0.2, 0.25) is 5.82 Å². The minimum Gasteiger partial charge on any atom is -0.345 e. The molecule has 5 nitrogen and oxygen atoms in total. The first kappa shape index (κ1) is 14.6. The van der Waals surface area contributed by atoms with E-state index in [1.165, 1.54) is 0 Å². The van der Waals surface area contributed by atoms with Crippen LogP contribution in [0.4, 0.5) is 14.5 Å². The van der Waals surface area contributed by atoms with Gasteiger partial charge in [-0.1, -0.05) is 0 Å². The number of carbonyl (C=O) groups excluding carboxylic acids is 1. The number of nitro benzene ring substituents is 1. The minimum absolute atomic E-state index is 0.122. The predicted octanol–water partition coefficient (Wildman–Crippen LogP) is 2.76. The lowest BCUT2D eigenvalue weighted by Gasteiger charge is -2.40. The Morgan fingerprint density at radius 2 is 2.10 bits per heavy atom. The second-order valence-electron chi connectivity index (χ2n) is 4.73. The number of nitro groups is 1. The van der Waals surface area contributed by atoms with E-state index in [0.29, 0.717) is 25.0 Å². The average Bonchev–Trinajstić information content (AvgIpc) is 2.33. The van der Waals surface area contributed by atoms with Crippen molar-refractivity contribution in [2.75, 3.05) is 5.88 Å². The quantitative estimate of drug-likeness (QED) is 0.528. The lowest BCUT2D eigenvalue weighted by atomic mass is 9.78. The van der Waals surface area contributed by atoms with Gasteiger partial charge >= 0.3 is 5.69 Å². The van der Waals surface area contributed by atoms with Crippen molar-refractivity contribution in [2.45, 2.75) is 24.8 Å². The van der Waals surface area contributed by atoms with E-state index in [2.05, 4.69) is 5.32 Å². The maximum atomic E-state index is 13.9. The molecule has 0 radical (unpaired) electrons. The van der Waals surface area contributed by atoms with Gasteiger partial charge in [-0.3, -0.25) is 14.9 Å². The van der Waals surface area contributed by atoms with Gasteiger partial charge in [0.05, 0.1) is 10.5 Å². The number of halogens is 3. The Morgan fingerprint density at radius 1 is 1.45 bits per heavy atom. The molecular formula is C12H11ClF2N2O3. The van der Waals surface area contributed by atoms with Crippen molar-refractivity contribution >= 4 is 23.2 Å². The van der Waals surface area contributed by atoms with Crippen LogP contribution >= 0.6 is 11.6 Å². The third-order valence-corrected chi connectivity index (χ3v) is 3.95. The molecule has 1 amide bonds. The third kappa shape index (κ3) is 2.45. The number of nitrogens with one attached hydrogen (secondary N) is 1. The van der Waals surface area contributed by atoms with Gasteiger partial charge in [0.15, 0.2) is 0 Å². The Kier molecular flexibility index (Phi) is 3.89. The van der Waals surface area contributed by atoms with Crippen LogP contribution in [-0.2, 0) is 0 Å². The van der Waals surface area contributed by atoms with Gasteiger partial charge in [0, 0.05) is 11.9 Å². The number of nitrogens with zero attached hydrogens (tertiary/aromatic N) is 1. The van der Waals surface area contributed by atoms with Crippen LogP contribution in [0, 0.1) is 21.7 Å². The molecule has 0 bridgehead atoms. The van der Waals surface area contributed by atoms with E-state index in [-0.39, 0.29) is 5.88 Å². The summed E-state index contributed by atoms with van der Waals surface area (Å²) in [6, 6.07) is 1.38. The summed E-state index contributed by atoms with van der Waals surface area (Å²) < 4.78 is 27.4. The number of hydrogen-bond acceptors (Lipinski definition) is 3. The largest absolute Gasteiger partial charge is 0.345 e. The molecule has 1 aliphatic rings. The third-order valence-electron chi connectivity index (χ3n) is 3.44. The van der Waals surface area contributed by atoms with E-state index in [1.807, 2.05) is 0 Å². The van der Waals surface area contributed by atoms with Crippen LogP contribution in [0.25, 0.3) is 0 Å². The second-order valence-corrected chi connectivity index (χ2v) is 5.00. The minimum atomic E-state index is -1.48. The molecule has 1 fully saturated rings. The van der Waals surface area contributed by atoms with E-state index in [0.717, 1.165) is 6.42 Å². The van der Waals surface area contributed by atoms with Crippen LogP contribution in [0.1, 0.15) is 29.6 Å². The zero-order valence-corrected chi connectivity index (χ0v) is 11.0. The summed E-state index contributed by atoms with van der Waals surface area (Å²) >= 11 is 5.74. The molecule has 0 atom stereocenters. The fraction of sp³-hybridized carbons (Fsp3) is 0.417. The fourth-order valence-corrected chi connectivity index (χ4v) is 2.42. The van der Waals surface area contributed by atoms with Gasteiger partial charge in [-0.05, 0) is 25.3 Å². The predicted molar refractivity (Wildman–Crippen MR) is 67.8 cm³/mol. The molecule has 108 valence electrons. The first-order valence-electron chi connectivity index (χ1n) is 5.91. The van der Waals surface area contributed by atoms with Gasteiger partial charge < -0.3 is 5.32 Å². The molecule has 1 aliphatic carbocycles. The maximum Gasteiger partial charge on any atom is 0.305 e. The molecule has 2 rings (SSSR count). The van der Waals surface area contributed by atoms with Crippen molar-refractivity contribution in [2.24, 2.45) is 0 Å². The van der Waals surface area contributed by atoms with Crippen molar-refractivity contribution in [3.05, 3.63) is 39.4 Å². The topological polar surface area (TPSA) is 72.2 Å². The Bertz CT molecular complexity index is 571. The van der Waals surface area contributed by atoms with Gasteiger partial charge in [0.25, 0.3) is 5.91 Å². The molecule has 1 aromatic carbocycles. The Morgan fingerprint density at radius 3 is 2.55 bits per heavy atom. The smallest absolute Gasteiger partial charge is 0.305 e. The second kappa shape index (κ2) is 5.32. The van der Waals surface area contributed by atoms with Gasteiger partial charge in [-0.2, -0.15) is 4.39 Å². The molecule has 0 aromatic heterocycles. The summed E-state index contributed by atoms with van der Waals surface area (Å²) in [7, 11) is 0. The van der Waals surface area contributed by atoms with Crippen LogP contribution < -0.4 is 5.32 Å². The van der Waals surface area contributed by atoms with Crippen molar-refractivity contribution in [3.8, 4) is 0 Å². The summed E-state index contributed by atoms with van der Waals surface area (Å²) in [6.07, 6.45) is 2.08. The molecule has 0 heterocycles. The number of amides is 1. The number of hydrogen-bond donors (Lipinski definition) is 1. The summed E-state index contributed by atoms with van der Waals surface area (Å²) in [5.41, 5.74) is -2.57. The van der Waals surface area contributed by atoms with E-state index < -0.39 is 39.3 Å². The van der Waals surface area contributed by atoms with Crippen LogP contribution in [0.15, 0.2) is 12.1 Å². The molecule has 0 unspecified atom stereocenters.